The minimum atomic E-state index is -0.699. The smallest absolute Gasteiger partial charge is 0.269 e. The van der Waals surface area contributed by atoms with E-state index in [9.17, 15) is 19.5 Å². The predicted octanol–water partition coefficient (Wildman–Crippen LogP) is 2.02. The number of hydrogen-bond donors (Lipinski definition) is 2. The molecule has 1 aliphatic heterocycles. The number of aliphatic hydroxyl groups is 1. The van der Waals surface area contributed by atoms with E-state index in [1.54, 1.807) is 17.0 Å². The lowest BCUT2D eigenvalue weighted by Gasteiger charge is -2.35. The number of primary amides is 1. The summed E-state index contributed by atoms with van der Waals surface area (Å²) in [5.74, 6) is -0.0943. The molecule has 2 aromatic rings. The molecule has 0 bridgehead atoms. The van der Waals surface area contributed by atoms with Crippen LogP contribution in [0.3, 0.4) is 0 Å². The van der Waals surface area contributed by atoms with Gasteiger partial charge in [-0.05, 0) is 56.9 Å². The molecule has 8 heteroatoms. The number of nitrogens with zero attached hydrogens (tertiary/aromatic N) is 3. The summed E-state index contributed by atoms with van der Waals surface area (Å²) in [7, 11) is 0. The summed E-state index contributed by atoms with van der Waals surface area (Å²) in [4.78, 5) is 40.1. The summed E-state index contributed by atoms with van der Waals surface area (Å²) >= 11 is 0. The number of carbonyl (C=O) groups is 3. The Bertz CT molecular complexity index is 1090. The molecule has 2 amide bonds. The summed E-state index contributed by atoms with van der Waals surface area (Å²) < 4.78 is 1.52. The van der Waals surface area contributed by atoms with Gasteiger partial charge in [-0.3, -0.25) is 19.1 Å². The van der Waals surface area contributed by atoms with Crippen molar-refractivity contribution in [2.45, 2.75) is 76.1 Å². The number of benzene rings is 1. The fourth-order valence-corrected chi connectivity index (χ4v) is 5.93. The molecule has 2 saturated carbocycles. The van der Waals surface area contributed by atoms with Crippen molar-refractivity contribution in [3.63, 3.8) is 0 Å². The molecule has 1 aromatic carbocycles. The summed E-state index contributed by atoms with van der Waals surface area (Å²) in [5, 5.41) is 15.3. The first-order valence-corrected chi connectivity index (χ1v) is 11.5. The third kappa shape index (κ3) is 3.81. The fourth-order valence-electron chi connectivity index (χ4n) is 5.93. The van der Waals surface area contributed by atoms with Crippen molar-refractivity contribution >= 4 is 28.5 Å². The lowest BCUT2D eigenvalue weighted by molar-refractivity contribution is -0.140. The molecule has 1 aromatic heterocycles. The highest BCUT2D eigenvalue weighted by atomic mass is 16.3. The van der Waals surface area contributed by atoms with E-state index in [1.807, 2.05) is 19.1 Å². The maximum absolute atomic E-state index is 13.3. The fraction of sp³-hybridized carbons (Fsp3) is 0.583. The molecule has 2 heterocycles. The van der Waals surface area contributed by atoms with Crippen LogP contribution in [0, 0.1) is 11.8 Å². The lowest BCUT2D eigenvalue weighted by Crippen LogP contribution is -2.45. The van der Waals surface area contributed by atoms with Crippen LogP contribution in [0.4, 0.5) is 0 Å². The average Bonchev–Trinajstić information content (AvgIpc) is 3.23. The molecule has 2 aliphatic carbocycles. The maximum atomic E-state index is 13.3. The van der Waals surface area contributed by atoms with Crippen LogP contribution < -0.4 is 5.73 Å². The number of Topliss-reactive ketones (excluding diaryl/α,β-unsaturated/α-hetero) is 1. The van der Waals surface area contributed by atoms with E-state index in [4.69, 9.17) is 5.73 Å². The standard InChI is InChI=1S/C24H30N4O4/c1-24(32)8-4-5-14(12-24)9-20(29)19-11-15-10-18(15)28(19)21(30)13-27-17-7-3-2-6-16(17)22(26-27)23(25)31/h2-3,6-7,14-15,18-19,32H,4-5,8-13H2,1H3,(H2,25,31)/t14?,15-,18-,19+,24?/m1/s1. The van der Waals surface area contributed by atoms with Crippen molar-refractivity contribution in [1.82, 2.24) is 14.7 Å². The Morgan fingerprint density at radius 2 is 2.03 bits per heavy atom. The number of para-hydroxylation sites is 1. The second kappa shape index (κ2) is 7.69. The molecule has 3 aliphatic rings. The van der Waals surface area contributed by atoms with E-state index in [0.717, 1.165) is 32.1 Å². The van der Waals surface area contributed by atoms with Crippen LogP contribution in [0.25, 0.3) is 10.9 Å². The van der Waals surface area contributed by atoms with Crippen LogP contribution in [0.5, 0.6) is 0 Å². The van der Waals surface area contributed by atoms with E-state index in [1.165, 1.54) is 4.68 Å². The van der Waals surface area contributed by atoms with Gasteiger partial charge in [-0.25, -0.2) is 0 Å². The summed E-state index contributed by atoms with van der Waals surface area (Å²) in [6, 6.07) is 6.94. The van der Waals surface area contributed by atoms with Crippen molar-refractivity contribution in [3.8, 4) is 0 Å². The first-order chi connectivity index (χ1) is 15.2. The van der Waals surface area contributed by atoms with Crippen molar-refractivity contribution < 1.29 is 19.5 Å². The highest BCUT2D eigenvalue weighted by Crippen LogP contribution is 2.49. The van der Waals surface area contributed by atoms with Crippen LogP contribution >= 0.6 is 0 Å². The minimum absolute atomic E-state index is 0.0288. The Labute approximate surface area is 186 Å². The van der Waals surface area contributed by atoms with Crippen LogP contribution in [0.15, 0.2) is 24.3 Å². The molecule has 5 rings (SSSR count). The van der Waals surface area contributed by atoms with Crippen LogP contribution in [-0.4, -0.2) is 55.1 Å². The number of ketones is 1. The molecule has 2 unspecified atom stereocenters. The first-order valence-electron chi connectivity index (χ1n) is 11.5. The Balaban J connectivity index is 1.33. The Kier molecular flexibility index (Phi) is 5.08. The number of amides is 2. The molecule has 3 N–H and O–H groups in total. The number of likely N-dealkylation sites (tertiary alicyclic amines) is 1. The van der Waals surface area contributed by atoms with Crippen LogP contribution in [0.1, 0.15) is 62.4 Å². The third-order valence-electron chi connectivity index (χ3n) is 7.49. The van der Waals surface area contributed by atoms with Gasteiger partial charge in [-0.2, -0.15) is 5.10 Å². The molecule has 1 saturated heterocycles. The van der Waals surface area contributed by atoms with Crippen LogP contribution in [0.2, 0.25) is 0 Å². The van der Waals surface area contributed by atoms with Gasteiger partial charge in [-0.15, -0.1) is 0 Å². The predicted molar refractivity (Wildman–Crippen MR) is 118 cm³/mol. The van der Waals surface area contributed by atoms with E-state index in [2.05, 4.69) is 5.10 Å². The maximum Gasteiger partial charge on any atom is 0.269 e. The highest BCUT2D eigenvalue weighted by molar-refractivity contribution is 6.04. The first kappa shape index (κ1) is 21.1. The highest BCUT2D eigenvalue weighted by Gasteiger charge is 2.55. The van der Waals surface area contributed by atoms with E-state index in [-0.39, 0.29) is 35.9 Å². The molecule has 170 valence electrons. The van der Waals surface area contributed by atoms with Crippen LogP contribution in [-0.2, 0) is 16.1 Å². The molecule has 0 spiro atoms. The van der Waals surface area contributed by atoms with E-state index < -0.39 is 17.6 Å². The zero-order valence-corrected chi connectivity index (χ0v) is 18.4. The second-order valence-corrected chi connectivity index (χ2v) is 10.1. The molecule has 8 nitrogen and oxygen atoms in total. The normalized spacial score (nSPS) is 31.5. The van der Waals surface area contributed by atoms with Gasteiger partial charge < -0.3 is 15.7 Å². The zero-order chi connectivity index (χ0) is 22.6. The summed E-state index contributed by atoms with van der Waals surface area (Å²) in [5.41, 5.74) is 5.60. The van der Waals surface area contributed by atoms with Gasteiger partial charge in [0.1, 0.15) is 6.54 Å². The van der Waals surface area contributed by atoms with Gasteiger partial charge in [0.25, 0.3) is 5.91 Å². The number of piperidine rings is 1. The Morgan fingerprint density at radius 3 is 2.78 bits per heavy atom. The van der Waals surface area contributed by atoms with E-state index in [0.29, 0.717) is 29.7 Å². The molecule has 3 fully saturated rings. The number of rotatable bonds is 6. The minimum Gasteiger partial charge on any atom is -0.390 e. The zero-order valence-electron chi connectivity index (χ0n) is 18.4. The Morgan fingerprint density at radius 1 is 1.25 bits per heavy atom. The number of hydrogen-bond acceptors (Lipinski definition) is 5. The topological polar surface area (TPSA) is 119 Å². The summed E-state index contributed by atoms with van der Waals surface area (Å²) in [6.07, 6.45) is 5.39. The van der Waals surface area contributed by atoms with Crippen molar-refractivity contribution in [1.29, 1.82) is 0 Å². The average molecular weight is 439 g/mol. The number of nitrogens with two attached hydrogens (primary N) is 1. The van der Waals surface area contributed by atoms with Gasteiger partial charge >= 0.3 is 0 Å². The molecule has 5 atom stereocenters. The monoisotopic (exact) mass is 438 g/mol. The number of aromatic nitrogens is 2. The van der Waals surface area contributed by atoms with Gasteiger partial charge in [-0.1, -0.05) is 24.6 Å². The molecule has 0 radical (unpaired) electrons. The quantitative estimate of drug-likeness (QED) is 0.715. The van der Waals surface area contributed by atoms with Crippen molar-refractivity contribution in [2.24, 2.45) is 17.6 Å². The van der Waals surface area contributed by atoms with Gasteiger partial charge in [0.05, 0.1) is 17.2 Å². The molecule has 32 heavy (non-hydrogen) atoms. The number of fused-ring (bicyclic) bond motifs is 2. The summed E-state index contributed by atoms with van der Waals surface area (Å²) in [6.45, 7) is 1.82. The van der Waals surface area contributed by atoms with Crippen molar-refractivity contribution in [3.05, 3.63) is 30.0 Å². The lowest BCUT2D eigenvalue weighted by atomic mass is 9.76. The van der Waals surface area contributed by atoms with Gasteiger partial charge in [0.2, 0.25) is 5.91 Å². The SMILES string of the molecule is CC1(O)CCCC(CC(=O)[C@@H]2C[C@H]3C[C@H]3N2C(=O)Cn2nc(C(N)=O)c3ccccc32)C1. The third-order valence-corrected chi connectivity index (χ3v) is 7.49. The second-order valence-electron chi connectivity index (χ2n) is 10.1. The molecular formula is C24H30N4O4. The number of carbonyl (C=O) groups excluding carboxylic acids is 3. The van der Waals surface area contributed by atoms with Gasteiger partial charge in [0, 0.05) is 17.8 Å². The largest absolute Gasteiger partial charge is 0.390 e. The van der Waals surface area contributed by atoms with Crippen molar-refractivity contribution in [2.75, 3.05) is 0 Å². The molecular weight excluding hydrogens is 408 g/mol. The van der Waals surface area contributed by atoms with E-state index >= 15 is 0 Å². The van der Waals surface area contributed by atoms with Gasteiger partial charge in [0.15, 0.2) is 11.5 Å². The Hall–Kier alpha value is -2.74.